The highest BCUT2D eigenvalue weighted by Crippen LogP contribution is 2.33. The number of nitrogens with one attached hydrogen (secondary N) is 1. The molecule has 0 amide bonds. The van der Waals surface area contributed by atoms with Crippen molar-refractivity contribution in [2.24, 2.45) is 0 Å². The van der Waals surface area contributed by atoms with Crippen molar-refractivity contribution in [3.63, 3.8) is 0 Å². The average Bonchev–Trinajstić information content (AvgIpc) is 3.27. The van der Waals surface area contributed by atoms with Crippen LogP contribution in [0.25, 0.3) is 11.5 Å². The number of aryl methyl sites for hydroxylation is 2. The molecule has 1 saturated heterocycles. The summed E-state index contributed by atoms with van der Waals surface area (Å²) in [5, 5.41) is 0. The van der Waals surface area contributed by atoms with Gasteiger partial charge in [-0.15, -0.1) is 11.3 Å². The number of imidazole rings is 1. The fourth-order valence-electron chi connectivity index (χ4n) is 3.47. The van der Waals surface area contributed by atoms with Crippen molar-refractivity contribution in [3.05, 3.63) is 46.1 Å². The summed E-state index contributed by atoms with van der Waals surface area (Å²) in [7, 11) is 0. The second kappa shape index (κ2) is 7.01. The van der Waals surface area contributed by atoms with Crippen LogP contribution in [0.5, 0.6) is 0 Å². The van der Waals surface area contributed by atoms with Gasteiger partial charge in [-0.2, -0.15) is 0 Å². The molecule has 4 rings (SSSR count). The van der Waals surface area contributed by atoms with E-state index >= 15 is 0 Å². The van der Waals surface area contributed by atoms with Gasteiger partial charge in [0.1, 0.15) is 11.5 Å². The van der Waals surface area contributed by atoms with Crippen molar-refractivity contribution >= 4 is 11.3 Å². The highest BCUT2D eigenvalue weighted by atomic mass is 32.1. The van der Waals surface area contributed by atoms with Gasteiger partial charge >= 0.3 is 0 Å². The Bertz CT molecular complexity index is 841. The number of rotatable bonds is 4. The van der Waals surface area contributed by atoms with Crippen LogP contribution in [0.3, 0.4) is 0 Å². The van der Waals surface area contributed by atoms with Gasteiger partial charge in [0, 0.05) is 23.8 Å². The Hall–Kier alpha value is -2.12. The Morgan fingerprint density at radius 2 is 2.16 bits per heavy atom. The maximum absolute atomic E-state index is 4.76. The normalized spacial score (nSPS) is 18.6. The summed E-state index contributed by atoms with van der Waals surface area (Å²) in [4.78, 5) is 25.1. The van der Waals surface area contributed by atoms with Gasteiger partial charge in [-0.25, -0.2) is 19.9 Å². The lowest BCUT2D eigenvalue weighted by Crippen LogP contribution is -2.33. The lowest BCUT2D eigenvalue weighted by Gasteiger charge is -2.35. The zero-order valence-electron chi connectivity index (χ0n) is 14.6. The molecule has 25 heavy (non-hydrogen) atoms. The van der Waals surface area contributed by atoms with Gasteiger partial charge in [0.15, 0.2) is 5.82 Å². The summed E-state index contributed by atoms with van der Waals surface area (Å²) in [5.74, 6) is 1.59. The SMILES string of the molecule is Cc1nc(-c2ncc[nH]2)cc([C@@H]2CCCCN2Cc2scnc2C)n1. The maximum Gasteiger partial charge on any atom is 0.156 e. The number of hydrogen-bond acceptors (Lipinski definition) is 6. The number of hydrogen-bond donors (Lipinski definition) is 1. The molecule has 0 radical (unpaired) electrons. The summed E-state index contributed by atoms with van der Waals surface area (Å²) in [5.41, 5.74) is 5.05. The predicted octanol–water partition coefficient (Wildman–Crippen LogP) is 3.67. The summed E-state index contributed by atoms with van der Waals surface area (Å²) in [6.07, 6.45) is 7.19. The molecule has 0 saturated carbocycles. The molecule has 1 fully saturated rings. The lowest BCUT2D eigenvalue weighted by molar-refractivity contribution is 0.138. The van der Waals surface area contributed by atoms with Crippen LogP contribution >= 0.6 is 11.3 Å². The first kappa shape index (κ1) is 16.4. The summed E-state index contributed by atoms with van der Waals surface area (Å²) in [6, 6.07) is 2.42. The number of aromatic nitrogens is 5. The van der Waals surface area contributed by atoms with E-state index in [1.54, 1.807) is 17.5 Å². The van der Waals surface area contributed by atoms with Gasteiger partial charge in [-0.1, -0.05) is 6.42 Å². The third kappa shape index (κ3) is 3.48. The molecule has 0 unspecified atom stereocenters. The molecule has 0 bridgehead atoms. The van der Waals surface area contributed by atoms with Gasteiger partial charge in [-0.3, -0.25) is 4.90 Å². The van der Waals surface area contributed by atoms with Crippen molar-refractivity contribution in [1.29, 1.82) is 0 Å². The van der Waals surface area contributed by atoms with Gasteiger partial charge in [-0.05, 0) is 39.3 Å². The van der Waals surface area contributed by atoms with Crippen molar-refractivity contribution in [2.75, 3.05) is 6.54 Å². The number of H-pyrrole nitrogens is 1. The van der Waals surface area contributed by atoms with Gasteiger partial charge in [0.05, 0.1) is 22.9 Å². The third-order valence-corrected chi connectivity index (χ3v) is 5.67. The first-order chi connectivity index (χ1) is 12.2. The molecule has 4 heterocycles. The van der Waals surface area contributed by atoms with E-state index in [1.807, 2.05) is 18.6 Å². The Labute approximate surface area is 151 Å². The van der Waals surface area contributed by atoms with Gasteiger partial charge < -0.3 is 4.98 Å². The van der Waals surface area contributed by atoms with E-state index in [9.17, 15) is 0 Å². The number of thiazole rings is 1. The molecule has 6 nitrogen and oxygen atoms in total. The summed E-state index contributed by atoms with van der Waals surface area (Å²) >= 11 is 1.74. The smallest absolute Gasteiger partial charge is 0.156 e. The van der Waals surface area contributed by atoms with Gasteiger partial charge in [0.25, 0.3) is 0 Å². The quantitative estimate of drug-likeness (QED) is 0.774. The molecule has 3 aromatic heterocycles. The molecule has 0 spiro atoms. The molecule has 1 N–H and O–H groups in total. The van der Waals surface area contributed by atoms with Crippen LogP contribution in [0, 0.1) is 13.8 Å². The molecule has 3 aromatic rings. The first-order valence-corrected chi connectivity index (χ1v) is 9.57. The fraction of sp³-hybridized carbons (Fsp3) is 0.444. The Kier molecular flexibility index (Phi) is 4.59. The molecular formula is C18H22N6S. The van der Waals surface area contributed by atoms with E-state index in [0.29, 0.717) is 6.04 Å². The second-order valence-electron chi connectivity index (χ2n) is 6.51. The number of aromatic amines is 1. The second-order valence-corrected chi connectivity index (χ2v) is 7.45. The molecule has 1 atom stereocenters. The maximum atomic E-state index is 4.76. The topological polar surface area (TPSA) is 70.6 Å². The molecule has 1 aliphatic rings. The largest absolute Gasteiger partial charge is 0.343 e. The third-order valence-electron chi connectivity index (χ3n) is 4.75. The molecule has 0 aromatic carbocycles. The van der Waals surface area contributed by atoms with Crippen LogP contribution in [-0.2, 0) is 6.54 Å². The number of likely N-dealkylation sites (tertiary alicyclic amines) is 1. The summed E-state index contributed by atoms with van der Waals surface area (Å²) < 4.78 is 0. The monoisotopic (exact) mass is 354 g/mol. The molecule has 130 valence electrons. The van der Waals surface area contributed by atoms with Crippen molar-refractivity contribution in [1.82, 2.24) is 29.8 Å². The molecule has 1 aliphatic heterocycles. The highest BCUT2D eigenvalue weighted by molar-refractivity contribution is 7.09. The first-order valence-electron chi connectivity index (χ1n) is 8.69. The Morgan fingerprint density at radius 1 is 1.24 bits per heavy atom. The van der Waals surface area contributed by atoms with E-state index in [0.717, 1.165) is 48.2 Å². The van der Waals surface area contributed by atoms with E-state index < -0.39 is 0 Å². The number of piperidine rings is 1. The van der Waals surface area contributed by atoms with Crippen LogP contribution in [0.1, 0.15) is 47.4 Å². The van der Waals surface area contributed by atoms with Crippen LogP contribution < -0.4 is 0 Å². The average molecular weight is 354 g/mol. The van der Waals surface area contributed by atoms with Crippen LogP contribution in [0.4, 0.5) is 0 Å². The fourth-order valence-corrected chi connectivity index (χ4v) is 4.27. The lowest BCUT2D eigenvalue weighted by atomic mass is 9.98. The minimum Gasteiger partial charge on any atom is -0.343 e. The molecule has 0 aliphatic carbocycles. The van der Waals surface area contributed by atoms with Crippen molar-refractivity contribution in [2.45, 2.75) is 45.7 Å². The summed E-state index contributed by atoms with van der Waals surface area (Å²) in [6.45, 7) is 6.09. The van der Waals surface area contributed by atoms with Gasteiger partial charge in [0.2, 0.25) is 0 Å². The minimum absolute atomic E-state index is 0.325. The van der Waals surface area contributed by atoms with E-state index in [2.05, 4.69) is 37.8 Å². The molecule has 7 heteroatoms. The van der Waals surface area contributed by atoms with Crippen LogP contribution in [0.15, 0.2) is 24.0 Å². The minimum atomic E-state index is 0.325. The van der Waals surface area contributed by atoms with Crippen LogP contribution in [-0.4, -0.2) is 36.4 Å². The highest BCUT2D eigenvalue weighted by Gasteiger charge is 2.27. The van der Waals surface area contributed by atoms with Crippen molar-refractivity contribution in [3.8, 4) is 11.5 Å². The Balaban J connectivity index is 1.65. The molecular weight excluding hydrogens is 332 g/mol. The zero-order valence-corrected chi connectivity index (χ0v) is 15.4. The number of nitrogens with zero attached hydrogens (tertiary/aromatic N) is 5. The van der Waals surface area contributed by atoms with E-state index in [1.165, 1.54) is 17.7 Å². The van der Waals surface area contributed by atoms with Crippen molar-refractivity contribution < 1.29 is 0 Å². The standard InChI is InChI=1S/C18H22N6S/c1-12-17(25-11-21-12)10-24-8-4-3-5-16(24)14-9-15(23-13(2)22-14)18-19-6-7-20-18/h6-7,9,11,16H,3-5,8,10H2,1-2H3,(H,19,20)/t16-/m0/s1. The van der Waals surface area contributed by atoms with Crippen LogP contribution in [0.2, 0.25) is 0 Å². The zero-order chi connectivity index (χ0) is 17.2. The predicted molar refractivity (Wildman–Crippen MR) is 98.2 cm³/mol. The van der Waals surface area contributed by atoms with E-state index in [4.69, 9.17) is 4.98 Å². The van der Waals surface area contributed by atoms with E-state index in [-0.39, 0.29) is 0 Å². The Morgan fingerprint density at radius 3 is 2.92 bits per heavy atom.